The second-order valence-electron chi connectivity index (χ2n) is 8.02. The van der Waals surface area contributed by atoms with Crippen molar-refractivity contribution in [3.63, 3.8) is 0 Å². The maximum absolute atomic E-state index is 2.59. The van der Waals surface area contributed by atoms with Crippen LogP contribution in [0.3, 0.4) is 0 Å². The molecule has 0 heteroatoms. The van der Waals surface area contributed by atoms with Gasteiger partial charge >= 0.3 is 0 Å². The molecule has 2 aliphatic carbocycles. The standard InChI is InChI=1S/C19H34/c1-13(2)7-6-8-14(3)9-10-17-15(4)12-19(17)18-11-16(18)5/h9-10,13-19H,6-8,11-12H2,1-5H3. The largest absolute Gasteiger partial charge is 0.0854 e. The lowest BCUT2D eigenvalue weighted by Crippen LogP contribution is -2.35. The Balaban J connectivity index is 1.71. The molecule has 6 unspecified atom stereocenters. The fourth-order valence-electron chi connectivity index (χ4n) is 3.97. The van der Waals surface area contributed by atoms with E-state index >= 15 is 0 Å². The Morgan fingerprint density at radius 1 is 0.947 bits per heavy atom. The summed E-state index contributed by atoms with van der Waals surface area (Å²) >= 11 is 0. The minimum absolute atomic E-state index is 0.781. The minimum atomic E-state index is 0.781. The van der Waals surface area contributed by atoms with Gasteiger partial charge in [-0.15, -0.1) is 0 Å². The van der Waals surface area contributed by atoms with Crippen molar-refractivity contribution < 1.29 is 0 Å². The van der Waals surface area contributed by atoms with Crippen molar-refractivity contribution in [3.8, 4) is 0 Å². The summed E-state index contributed by atoms with van der Waals surface area (Å²) in [6.45, 7) is 11.9. The predicted molar refractivity (Wildman–Crippen MR) is 85.0 cm³/mol. The van der Waals surface area contributed by atoms with Crippen LogP contribution in [-0.4, -0.2) is 0 Å². The molecule has 0 radical (unpaired) electrons. The molecule has 2 aliphatic rings. The maximum Gasteiger partial charge on any atom is -0.0176 e. The lowest BCUT2D eigenvalue weighted by molar-refractivity contribution is 0.103. The van der Waals surface area contributed by atoms with Crippen molar-refractivity contribution in [3.05, 3.63) is 12.2 Å². The van der Waals surface area contributed by atoms with Crippen molar-refractivity contribution in [2.75, 3.05) is 0 Å². The van der Waals surface area contributed by atoms with Crippen LogP contribution in [0.4, 0.5) is 0 Å². The average Bonchev–Trinajstić information content (AvgIpc) is 3.02. The smallest absolute Gasteiger partial charge is 0.0176 e. The molecule has 2 fully saturated rings. The molecule has 0 aromatic heterocycles. The zero-order valence-electron chi connectivity index (χ0n) is 13.7. The Morgan fingerprint density at radius 2 is 1.63 bits per heavy atom. The molecular weight excluding hydrogens is 228 g/mol. The SMILES string of the molecule is CC(C)CCCC(C)C=CC1C(C)CC1C1CC1C. The Morgan fingerprint density at radius 3 is 2.16 bits per heavy atom. The fourth-order valence-corrected chi connectivity index (χ4v) is 3.97. The van der Waals surface area contributed by atoms with Gasteiger partial charge in [0.1, 0.15) is 0 Å². The maximum atomic E-state index is 2.59. The summed E-state index contributed by atoms with van der Waals surface area (Å²) < 4.78 is 0. The summed E-state index contributed by atoms with van der Waals surface area (Å²) in [4.78, 5) is 0. The van der Waals surface area contributed by atoms with Crippen LogP contribution in [0.15, 0.2) is 12.2 Å². The Kier molecular flexibility index (Phi) is 5.15. The highest BCUT2D eigenvalue weighted by Gasteiger charge is 2.49. The number of hydrogen-bond acceptors (Lipinski definition) is 0. The highest BCUT2D eigenvalue weighted by Crippen LogP contribution is 2.56. The first-order valence-corrected chi connectivity index (χ1v) is 8.67. The molecule has 0 aromatic rings. The van der Waals surface area contributed by atoms with Gasteiger partial charge in [-0.05, 0) is 60.7 Å². The minimum Gasteiger partial charge on any atom is -0.0854 e. The van der Waals surface area contributed by atoms with Gasteiger partial charge in [-0.1, -0.05) is 59.6 Å². The third-order valence-corrected chi connectivity index (χ3v) is 5.62. The Bertz CT molecular complexity index is 301. The first kappa shape index (κ1) is 15.1. The van der Waals surface area contributed by atoms with Crippen LogP contribution in [0.2, 0.25) is 0 Å². The fraction of sp³-hybridized carbons (Fsp3) is 0.895. The summed E-state index contributed by atoms with van der Waals surface area (Å²) in [6, 6.07) is 0. The molecule has 0 spiro atoms. The van der Waals surface area contributed by atoms with E-state index in [4.69, 9.17) is 0 Å². The summed E-state index contributed by atoms with van der Waals surface area (Å²) in [5.74, 6) is 6.62. The van der Waals surface area contributed by atoms with Crippen LogP contribution in [0, 0.1) is 41.4 Å². The third-order valence-electron chi connectivity index (χ3n) is 5.62. The highest BCUT2D eigenvalue weighted by atomic mass is 14.5. The summed E-state index contributed by atoms with van der Waals surface area (Å²) in [5, 5.41) is 0. The van der Waals surface area contributed by atoms with Crippen LogP contribution < -0.4 is 0 Å². The van der Waals surface area contributed by atoms with Crippen molar-refractivity contribution >= 4 is 0 Å². The molecule has 0 aromatic carbocycles. The zero-order valence-corrected chi connectivity index (χ0v) is 13.7. The van der Waals surface area contributed by atoms with E-state index in [0.29, 0.717) is 0 Å². The molecule has 0 aliphatic heterocycles. The molecule has 2 saturated carbocycles. The molecule has 110 valence electrons. The predicted octanol–water partition coefficient (Wildman–Crippen LogP) is 5.93. The molecule has 2 rings (SSSR count). The van der Waals surface area contributed by atoms with E-state index in [2.05, 4.69) is 46.8 Å². The normalized spacial score (nSPS) is 39.6. The molecule has 0 amide bonds. The first-order valence-electron chi connectivity index (χ1n) is 8.67. The van der Waals surface area contributed by atoms with E-state index in [0.717, 1.165) is 41.4 Å². The quantitative estimate of drug-likeness (QED) is 0.499. The molecule has 0 heterocycles. The van der Waals surface area contributed by atoms with E-state index < -0.39 is 0 Å². The number of allylic oxidation sites excluding steroid dienone is 2. The lowest BCUT2D eigenvalue weighted by Gasteiger charge is -2.42. The molecule has 0 bridgehead atoms. The van der Waals surface area contributed by atoms with Gasteiger partial charge in [-0.25, -0.2) is 0 Å². The van der Waals surface area contributed by atoms with Crippen LogP contribution >= 0.6 is 0 Å². The van der Waals surface area contributed by atoms with E-state index in [1.807, 2.05) is 0 Å². The van der Waals surface area contributed by atoms with Gasteiger partial charge in [-0.3, -0.25) is 0 Å². The van der Waals surface area contributed by atoms with E-state index in [9.17, 15) is 0 Å². The summed E-state index contributed by atoms with van der Waals surface area (Å²) in [5.41, 5.74) is 0. The molecular formula is C19H34. The van der Waals surface area contributed by atoms with Gasteiger partial charge < -0.3 is 0 Å². The Hall–Kier alpha value is -0.260. The molecule has 0 nitrogen and oxygen atoms in total. The van der Waals surface area contributed by atoms with Gasteiger partial charge in [0.25, 0.3) is 0 Å². The van der Waals surface area contributed by atoms with E-state index in [-0.39, 0.29) is 0 Å². The van der Waals surface area contributed by atoms with Crippen LogP contribution in [0.25, 0.3) is 0 Å². The van der Waals surface area contributed by atoms with E-state index in [1.165, 1.54) is 32.1 Å². The zero-order chi connectivity index (χ0) is 14.0. The molecule has 19 heavy (non-hydrogen) atoms. The monoisotopic (exact) mass is 262 g/mol. The van der Waals surface area contributed by atoms with Crippen LogP contribution in [-0.2, 0) is 0 Å². The molecule has 0 saturated heterocycles. The van der Waals surface area contributed by atoms with Gasteiger partial charge in [-0.2, -0.15) is 0 Å². The van der Waals surface area contributed by atoms with Gasteiger partial charge in [0, 0.05) is 0 Å². The summed E-state index contributed by atoms with van der Waals surface area (Å²) in [6.07, 6.45) is 12.3. The second-order valence-corrected chi connectivity index (χ2v) is 8.02. The Labute approximate surface area is 121 Å². The summed E-state index contributed by atoms with van der Waals surface area (Å²) in [7, 11) is 0. The average molecular weight is 262 g/mol. The van der Waals surface area contributed by atoms with E-state index in [1.54, 1.807) is 0 Å². The van der Waals surface area contributed by atoms with Crippen LogP contribution in [0.1, 0.15) is 66.7 Å². The van der Waals surface area contributed by atoms with Crippen molar-refractivity contribution in [1.82, 2.24) is 0 Å². The van der Waals surface area contributed by atoms with Crippen LogP contribution in [0.5, 0.6) is 0 Å². The topological polar surface area (TPSA) is 0 Å². The van der Waals surface area contributed by atoms with Crippen molar-refractivity contribution in [2.45, 2.75) is 66.7 Å². The van der Waals surface area contributed by atoms with Crippen molar-refractivity contribution in [2.24, 2.45) is 41.4 Å². The third kappa shape index (κ3) is 4.10. The number of hydrogen-bond donors (Lipinski definition) is 0. The van der Waals surface area contributed by atoms with Crippen molar-refractivity contribution in [1.29, 1.82) is 0 Å². The van der Waals surface area contributed by atoms with Gasteiger partial charge in [0.15, 0.2) is 0 Å². The first-order chi connectivity index (χ1) is 8.99. The van der Waals surface area contributed by atoms with Gasteiger partial charge in [0.2, 0.25) is 0 Å². The second kappa shape index (κ2) is 6.46. The highest BCUT2D eigenvalue weighted by molar-refractivity contribution is 5.07. The molecule has 6 atom stereocenters. The molecule has 0 N–H and O–H groups in total. The number of rotatable bonds is 7. The lowest BCUT2D eigenvalue weighted by atomic mass is 9.63. The van der Waals surface area contributed by atoms with Gasteiger partial charge in [0.05, 0.1) is 0 Å².